The fourth-order valence-corrected chi connectivity index (χ4v) is 2.02. The van der Waals surface area contributed by atoms with Crippen LogP contribution in [-0.2, 0) is 6.42 Å². The van der Waals surface area contributed by atoms with E-state index in [1.165, 1.54) is 0 Å². The van der Waals surface area contributed by atoms with Crippen molar-refractivity contribution in [1.82, 2.24) is 4.98 Å². The van der Waals surface area contributed by atoms with Crippen LogP contribution >= 0.6 is 11.3 Å². The second-order valence-electron chi connectivity index (χ2n) is 3.12. The lowest BCUT2D eigenvalue weighted by Gasteiger charge is -2.07. The minimum absolute atomic E-state index is 0.491. The first kappa shape index (κ1) is 9.43. The summed E-state index contributed by atoms with van der Waals surface area (Å²) in [7, 11) is 0. The molecule has 3 nitrogen and oxygen atoms in total. The van der Waals surface area contributed by atoms with E-state index in [4.69, 9.17) is 4.42 Å². The highest BCUT2D eigenvalue weighted by Gasteiger charge is 2.13. The summed E-state index contributed by atoms with van der Waals surface area (Å²) in [6.07, 6.45) is 3.49. The third-order valence-corrected chi connectivity index (χ3v) is 2.94. The van der Waals surface area contributed by atoms with Crippen molar-refractivity contribution in [2.45, 2.75) is 19.4 Å². The molecule has 0 saturated carbocycles. The van der Waals surface area contributed by atoms with Crippen LogP contribution in [0.3, 0.4) is 0 Å². The predicted molar refractivity (Wildman–Crippen MR) is 54.2 cm³/mol. The summed E-state index contributed by atoms with van der Waals surface area (Å²) in [4.78, 5) is 5.04. The predicted octanol–water partition coefficient (Wildman–Crippen LogP) is 2.32. The fourth-order valence-electron chi connectivity index (χ4n) is 1.38. The number of furan rings is 1. The number of aliphatic hydroxyl groups excluding tert-OH is 1. The number of rotatable bonds is 3. The number of aliphatic hydroxyl groups is 1. The maximum absolute atomic E-state index is 9.88. The average molecular weight is 209 g/mol. The van der Waals surface area contributed by atoms with E-state index >= 15 is 0 Å². The zero-order valence-corrected chi connectivity index (χ0v) is 8.62. The van der Waals surface area contributed by atoms with E-state index in [0.29, 0.717) is 6.42 Å². The van der Waals surface area contributed by atoms with Gasteiger partial charge in [-0.25, -0.2) is 0 Å². The summed E-state index contributed by atoms with van der Waals surface area (Å²) < 4.78 is 5.13. The lowest BCUT2D eigenvalue weighted by atomic mass is 10.1. The molecular formula is C10H11NO2S. The molecule has 0 aliphatic rings. The molecule has 1 atom stereocenters. The molecule has 0 aromatic carbocycles. The highest BCUT2D eigenvalue weighted by molar-refractivity contribution is 7.09. The zero-order valence-electron chi connectivity index (χ0n) is 7.80. The Labute approximate surface area is 86.0 Å². The van der Waals surface area contributed by atoms with Crippen LogP contribution in [0.25, 0.3) is 0 Å². The molecule has 2 aromatic rings. The van der Waals surface area contributed by atoms with Crippen molar-refractivity contribution in [3.63, 3.8) is 0 Å². The van der Waals surface area contributed by atoms with Crippen LogP contribution in [0, 0.1) is 6.92 Å². The highest BCUT2D eigenvalue weighted by Crippen LogP contribution is 2.23. The Morgan fingerprint density at radius 1 is 1.64 bits per heavy atom. The largest absolute Gasteiger partial charge is 0.469 e. The molecule has 0 aliphatic carbocycles. The molecule has 0 radical (unpaired) electrons. The van der Waals surface area contributed by atoms with Crippen molar-refractivity contribution in [3.8, 4) is 0 Å². The van der Waals surface area contributed by atoms with Crippen LogP contribution in [0.4, 0.5) is 0 Å². The topological polar surface area (TPSA) is 46.3 Å². The van der Waals surface area contributed by atoms with Crippen molar-refractivity contribution in [1.29, 1.82) is 0 Å². The molecule has 0 spiro atoms. The Balaban J connectivity index is 2.10. The van der Waals surface area contributed by atoms with Gasteiger partial charge < -0.3 is 9.52 Å². The molecule has 74 valence electrons. The number of thiazole rings is 1. The zero-order chi connectivity index (χ0) is 9.97. The first-order chi connectivity index (χ1) is 6.77. The summed E-state index contributed by atoms with van der Waals surface area (Å²) in [5.74, 6) is 0.780. The molecule has 0 fully saturated rings. The van der Waals surface area contributed by atoms with Crippen LogP contribution in [0.15, 0.2) is 28.5 Å². The second kappa shape index (κ2) is 3.94. The number of aromatic nitrogens is 1. The molecule has 2 rings (SSSR count). The third kappa shape index (κ3) is 1.86. The second-order valence-corrected chi connectivity index (χ2v) is 4.09. The Bertz CT molecular complexity index is 394. The van der Waals surface area contributed by atoms with Crippen LogP contribution in [0.2, 0.25) is 0 Å². The van der Waals surface area contributed by atoms with Crippen molar-refractivity contribution in [2.75, 3.05) is 0 Å². The van der Waals surface area contributed by atoms with Crippen molar-refractivity contribution < 1.29 is 9.52 Å². The van der Waals surface area contributed by atoms with E-state index in [1.807, 2.05) is 6.92 Å². The molecule has 4 heteroatoms. The molecule has 1 N–H and O–H groups in total. The van der Waals surface area contributed by atoms with Gasteiger partial charge in [0.05, 0.1) is 17.9 Å². The summed E-state index contributed by atoms with van der Waals surface area (Å²) in [5.41, 5.74) is 2.63. The van der Waals surface area contributed by atoms with Gasteiger partial charge in [0, 0.05) is 23.1 Å². The van der Waals surface area contributed by atoms with E-state index in [0.717, 1.165) is 16.2 Å². The molecule has 1 unspecified atom stereocenters. The monoisotopic (exact) mass is 209 g/mol. The average Bonchev–Trinajstić information content (AvgIpc) is 2.75. The lowest BCUT2D eigenvalue weighted by Crippen LogP contribution is -2.00. The molecule has 0 aliphatic heterocycles. The summed E-state index contributed by atoms with van der Waals surface area (Å²) in [6, 6.07) is 1.81. The summed E-state index contributed by atoms with van der Waals surface area (Å²) in [6.45, 7) is 1.85. The maximum Gasteiger partial charge on any atom is 0.106 e. The van der Waals surface area contributed by atoms with Crippen LogP contribution < -0.4 is 0 Å². The Morgan fingerprint density at radius 3 is 3.07 bits per heavy atom. The van der Waals surface area contributed by atoms with E-state index in [-0.39, 0.29) is 0 Å². The molecule has 0 bridgehead atoms. The lowest BCUT2D eigenvalue weighted by molar-refractivity contribution is 0.177. The molecule has 0 amide bonds. The standard InChI is InChI=1S/C10H11NO2S/c1-7-9(2-3-13-7)10(12)4-8-5-11-6-14-8/h2-3,5-6,10,12H,4H2,1H3. The first-order valence-electron chi connectivity index (χ1n) is 4.37. The molecule has 2 aromatic heterocycles. The van der Waals surface area contributed by atoms with Crippen molar-refractivity contribution in [3.05, 3.63) is 40.2 Å². The molecular weight excluding hydrogens is 198 g/mol. The molecule has 0 saturated heterocycles. The van der Waals surface area contributed by atoms with Gasteiger partial charge in [0.25, 0.3) is 0 Å². The molecule has 2 heterocycles. The van der Waals surface area contributed by atoms with Crippen molar-refractivity contribution in [2.24, 2.45) is 0 Å². The first-order valence-corrected chi connectivity index (χ1v) is 5.25. The van der Waals surface area contributed by atoms with E-state index in [9.17, 15) is 5.11 Å². The maximum atomic E-state index is 9.88. The quantitative estimate of drug-likeness (QED) is 0.843. The SMILES string of the molecule is Cc1occc1C(O)Cc1cncs1. The number of hydrogen-bond donors (Lipinski definition) is 1. The molecule has 14 heavy (non-hydrogen) atoms. The number of nitrogens with zero attached hydrogens (tertiary/aromatic N) is 1. The minimum Gasteiger partial charge on any atom is -0.469 e. The van der Waals surface area contributed by atoms with Crippen LogP contribution in [-0.4, -0.2) is 10.1 Å². The van der Waals surface area contributed by atoms with Gasteiger partial charge in [0.15, 0.2) is 0 Å². The van der Waals surface area contributed by atoms with Gasteiger partial charge >= 0.3 is 0 Å². The fraction of sp³-hybridized carbons (Fsp3) is 0.300. The third-order valence-electron chi connectivity index (χ3n) is 2.14. The Hall–Kier alpha value is -1.13. The van der Waals surface area contributed by atoms with Crippen LogP contribution in [0.1, 0.15) is 22.3 Å². The highest BCUT2D eigenvalue weighted by atomic mass is 32.1. The summed E-state index contributed by atoms with van der Waals surface area (Å²) >= 11 is 1.55. The van der Waals surface area contributed by atoms with E-state index in [1.54, 1.807) is 35.4 Å². The van der Waals surface area contributed by atoms with Gasteiger partial charge in [0.1, 0.15) is 5.76 Å². The minimum atomic E-state index is -0.491. The number of aryl methyl sites for hydroxylation is 1. The Morgan fingerprint density at radius 2 is 2.50 bits per heavy atom. The number of hydrogen-bond acceptors (Lipinski definition) is 4. The van der Waals surface area contributed by atoms with E-state index < -0.39 is 6.10 Å². The smallest absolute Gasteiger partial charge is 0.106 e. The van der Waals surface area contributed by atoms with Gasteiger partial charge in [-0.15, -0.1) is 11.3 Å². The van der Waals surface area contributed by atoms with Gasteiger partial charge in [-0.2, -0.15) is 0 Å². The normalized spacial score (nSPS) is 13.0. The summed E-state index contributed by atoms with van der Waals surface area (Å²) in [5, 5.41) is 9.88. The van der Waals surface area contributed by atoms with Gasteiger partial charge in [-0.3, -0.25) is 4.98 Å². The van der Waals surface area contributed by atoms with Gasteiger partial charge in [0.2, 0.25) is 0 Å². The van der Waals surface area contributed by atoms with E-state index in [2.05, 4.69) is 4.98 Å². The van der Waals surface area contributed by atoms with Gasteiger partial charge in [-0.05, 0) is 13.0 Å². The van der Waals surface area contributed by atoms with Crippen molar-refractivity contribution >= 4 is 11.3 Å². The van der Waals surface area contributed by atoms with Gasteiger partial charge in [-0.1, -0.05) is 0 Å². The Kier molecular flexibility index (Phi) is 2.65. The van der Waals surface area contributed by atoms with Crippen LogP contribution in [0.5, 0.6) is 0 Å².